The molecule has 1 N–H and O–H groups in total. The fourth-order valence-electron chi connectivity index (χ4n) is 4.70. The van der Waals surface area contributed by atoms with Crippen LogP contribution >= 0.6 is 11.9 Å². The van der Waals surface area contributed by atoms with Crippen molar-refractivity contribution >= 4 is 18.2 Å². The van der Waals surface area contributed by atoms with E-state index in [-0.39, 0.29) is 0 Å². The Hall–Kier alpha value is -1.38. The summed E-state index contributed by atoms with van der Waals surface area (Å²) in [5.41, 5.74) is 1.40. The summed E-state index contributed by atoms with van der Waals surface area (Å²) in [6.45, 7) is 23.5. The first-order valence-electron chi connectivity index (χ1n) is 15.2. The number of aliphatic hydroxyl groups is 1. The Morgan fingerprint density at radius 3 is 2.26 bits per heavy atom. The van der Waals surface area contributed by atoms with E-state index < -0.39 is 0 Å². The molecular formula is C32H63N5OS. The van der Waals surface area contributed by atoms with Gasteiger partial charge < -0.3 is 10.0 Å². The quantitative estimate of drug-likeness (QED) is 0.187. The van der Waals surface area contributed by atoms with Gasteiger partial charge in [0.25, 0.3) is 0 Å². The Balaban J connectivity index is 0. The normalized spacial score (nSPS) is 19.8. The highest BCUT2D eigenvalue weighted by molar-refractivity contribution is 8.01. The SMILES string of the molecule is C/C=C\C(=C/CC)SN(CC)CC1N(C)CC(CCN(CCC)C2=CC=NC=CC2)CN1C.CC.CC.CO. The van der Waals surface area contributed by atoms with Crippen LogP contribution in [0.5, 0.6) is 0 Å². The van der Waals surface area contributed by atoms with Crippen molar-refractivity contribution in [3.8, 4) is 0 Å². The fourth-order valence-corrected chi connectivity index (χ4v) is 5.77. The minimum absolute atomic E-state index is 0.458. The number of aliphatic hydroxyl groups excluding tert-OH is 1. The third-order valence-electron chi connectivity index (χ3n) is 6.38. The highest BCUT2D eigenvalue weighted by Crippen LogP contribution is 2.26. The molecule has 1 saturated heterocycles. The van der Waals surface area contributed by atoms with Crippen LogP contribution in [0.25, 0.3) is 0 Å². The zero-order valence-electron chi connectivity index (χ0n) is 27.4. The standard InChI is InChI=1S/C27H47N5S.2C2H6.CH4O/c1-7-12-26(13-8-2)33-32(10-4)23-27-29(5)21-24(22-30(27)6)16-20-31(19-9-3)25-14-11-17-28-18-15-25;3*1-2/h7,11-13,15,17-18,24,27H,8-10,14,16,19-23H2,1-6H3;2*1-2H3;2H,1H3/b12-7-,26-13+;;;. The van der Waals surface area contributed by atoms with Gasteiger partial charge in [0.15, 0.2) is 0 Å². The van der Waals surface area contributed by atoms with Crippen molar-refractivity contribution in [1.82, 2.24) is 19.0 Å². The Bertz CT molecular complexity index is 707. The molecule has 39 heavy (non-hydrogen) atoms. The van der Waals surface area contributed by atoms with E-state index in [9.17, 15) is 0 Å². The summed E-state index contributed by atoms with van der Waals surface area (Å²) in [4.78, 5) is 13.3. The molecule has 0 aliphatic carbocycles. The summed E-state index contributed by atoms with van der Waals surface area (Å²) in [7, 11) is 5.61. The number of allylic oxidation sites excluding steroid dienone is 5. The Morgan fingerprint density at radius 1 is 1.08 bits per heavy atom. The van der Waals surface area contributed by atoms with Crippen molar-refractivity contribution in [2.75, 3.05) is 60.5 Å². The second-order valence-corrected chi connectivity index (χ2v) is 10.3. The largest absolute Gasteiger partial charge is 0.400 e. The molecule has 0 aromatic rings. The van der Waals surface area contributed by atoms with Gasteiger partial charge in [-0.1, -0.05) is 72.8 Å². The van der Waals surface area contributed by atoms with Crippen LogP contribution in [-0.2, 0) is 0 Å². The van der Waals surface area contributed by atoms with E-state index in [4.69, 9.17) is 5.11 Å². The Morgan fingerprint density at radius 2 is 1.72 bits per heavy atom. The van der Waals surface area contributed by atoms with E-state index in [0.29, 0.717) is 12.1 Å². The summed E-state index contributed by atoms with van der Waals surface area (Å²) < 4.78 is 2.51. The molecule has 1 fully saturated rings. The average molecular weight is 566 g/mol. The van der Waals surface area contributed by atoms with Crippen LogP contribution in [0, 0.1) is 5.92 Å². The lowest BCUT2D eigenvalue weighted by atomic mass is 10.00. The lowest BCUT2D eigenvalue weighted by Crippen LogP contribution is -2.57. The summed E-state index contributed by atoms with van der Waals surface area (Å²) in [6.07, 6.45) is 19.8. The first-order valence-corrected chi connectivity index (χ1v) is 16.0. The fraction of sp³-hybridized carbons (Fsp3) is 0.719. The predicted molar refractivity (Wildman–Crippen MR) is 178 cm³/mol. The second kappa shape index (κ2) is 26.8. The number of hydrogen-bond donors (Lipinski definition) is 1. The van der Waals surface area contributed by atoms with E-state index in [1.54, 1.807) is 0 Å². The Kier molecular flexibility index (Phi) is 27.3. The van der Waals surface area contributed by atoms with E-state index in [1.165, 1.54) is 36.5 Å². The molecule has 0 aromatic heterocycles. The highest BCUT2D eigenvalue weighted by Gasteiger charge is 2.31. The lowest BCUT2D eigenvalue weighted by molar-refractivity contribution is -0.00220. The van der Waals surface area contributed by atoms with Gasteiger partial charge in [-0.25, -0.2) is 4.31 Å². The maximum absolute atomic E-state index is 7.00. The summed E-state index contributed by atoms with van der Waals surface area (Å²) in [5.74, 6) is 0.701. The molecule has 0 spiro atoms. The smallest absolute Gasteiger partial charge is 0.0758 e. The van der Waals surface area contributed by atoms with Gasteiger partial charge in [-0.3, -0.25) is 14.8 Å². The van der Waals surface area contributed by atoms with Crippen molar-refractivity contribution in [2.45, 2.75) is 87.2 Å². The van der Waals surface area contributed by atoms with Crippen molar-refractivity contribution in [3.05, 3.63) is 47.2 Å². The monoisotopic (exact) mass is 565 g/mol. The third kappa shape index (κ3) is 16.5. The molecule has 7 heteroatoms. The molecule has 0 atom stereocenters. The van der Waals surface area contributed by atoms with E-state index >= 15 is 0 Å². The van der Waals surface area contributed by atoms with Crippen molar-refractivity contribution in [2.24, 2.45) is 10.9 Å². The van der Waals surface area contributed by atoms with Crippen LogP contribution in [0.15, 0.2) is 52.2 Å². The van der Waals surface area contributed by atoms with Crippen molar-refractivity contribution in [3.63, 3.8) is 0 Å². The molecule has 2 heterocycles. The van der Waals surface area contributed by atoms with Gasteiger partial charge in [-0.15, -0.1) is 0 Å². The first kappa shape index (κ1) is 39.8. The van der Waals surface area contributed by atoms with Crippen LogP contribution in [0.3, 0.4) is 0 Å². The number of hydrogen-bond acceptors (Lipinski definition) is 7. The first-order chi connectivity index (χ1) is 19.0. The zero-order chi connectivity index (χ0) is 30.1. The third-order valence-corrected chi connectivity index (χ3v) is 7.56. The molecule has 0 saturated carbocycles. The molecule has 6 nitrogen and oxygen atoms in total. The summed E-state index contributed by atoms with van der Waals surface area (Å²) in [6, 6.07) is 0. The van der Waals surface area contributed by atoms with Gasteiger partial charge in [-0.2, -0.15) is 0 Å². The molecule has 228 valence electrons. The van der Waals surface area contributed by atoms with Gasteiger partial charge in [-0.05, 0) is 64.2 Å². The van der Waals surface area contributed by atoms with Gasteiger partial charge in [0.05, 0.1) is 6.17 Å². The maximum Gasteiger partial charge on any atom is 0.0758 e. The molecule has 0 aromatic carbocycles. The average Bonchev–Trinajstić information content (AvgIpc) is 3.25. The van der Waals surface area contributed by atoms with Crippen LogP contribution in [0.4, 0.5) is 0 Å². The predicted octanol–water partition coefficient (Wildman–Crippen LogP) is 7.28. The molecule has 2 rings (SSSR count). The van der Waals surface area contributed by atoms with Crippen molar-refractivity contribution in [1.29, 1.82) is 0 Å². The number of likely N-dealkylation sites (N-methyl/N-ethyl adjacent to an activating group) is 3. The molecule has 2 aliphatic heterocycles. The molecule has 0 unspecified atom stereocenters. The topological polar surface area (TPSA) is 45.5 Å². The molecule has 0 amide bonds. The molecular weight excluding hydrogens is 502 g/mol. The van der Waals surface area contributed by atoms with Gasteiger partial charge in [0, 0.05) is 75.8 Å². The molecule has 0 bridgehead atoms. The van der Waals surface area contributed by atoms with Crippen LogP contribution < -0.4 is 0 Å². The second-order valence-electron chi connectivity index (χ2n) is 9.13. The van der Waals surface area contributed by atoms with Crippen LogP contribution in [0.1, 0.15) is 81.1 Å². The van der Waals surface area contributed by atoms with Gasteiger partial charge in [0.1, 0.15) is 0 Å². The summed E-state index contributed by atoms with van der Waals surface area (Å²) in [5, 5.41) is 7.00. The minimum atomic E-state index is 0.458. The highest BCUT2D eigenvalue weighted by atomic mass is 32.2. The van der Waals surface area contributed by atoms with E-state index in [1.807, 2.05) is 52.1 Å². The number of rotatable bonds is 13. The molecule has 0 radical (unpaired) electrons. The number of aliphatic imine (C=N–C) groups is 1. The lowest BCUT2D eigenvalue weighted by Gasteiger charge is -2.46. The van der Waals surface area contributed by atoms with E-state index in [0.717, 1.165) is 46.1 Å². The molecule has 2 aliphatic rings. The zero-order valence-corrected chi connectivity index (χ0v) is 28.2. The van der Waals surface area contributed by atoms with Gasteiger partial charge >= 0.3 is 0 Å². The summed E-state index contributed by atoms with van der Waals surface area (Å²) >= 11 is 1.90. The van der Waals surface area contributed by atoms with Crippen LogP contribution in [-0.4, -0.2) is 97.0 Å². The van der Waals surface area contributed by atoms with Crippen molar-refractivity contribution < 1.29 is 5.11 Å². The maximum atomic E-state index is 7.00. The minimum Gasteiger partial charge on any atom is -0.400 e. The van der Waals surface area contributed by atoms with Gasteiger partial charge in [0.2, 0.25) is 0 Å². The Labute approximate surface area is 247 Å². The van der Waals surface area contributed by atoms with Crippen LogP contribution in [0.2, 0.25) is 0 Å². The number of nitrogens with zero attached hydrogens (tertiary/aromatic N) is 5. The van der Waals surface area contributed by atoms with E-state index in [2.05, 4.69) is 96.2 Å².